The normalized spacial score (nSPS) is 28.7. The Balaban J connectivity index is 1.66. The highest BCUT2D eigenvalue weighted by Gasteiger charge is 2.61. The Hall–Kier alpha value is -0.850. The van der Waals surface area contributed by atoms with Crippen molar-refractivity contribution < 1.29 is 17.6 Å². The Morgan fingerprint density at radius 3 is 2.45 bits per heavy atom. The van der Waals surface area contributed by atoms with Crippen LogP contribution in [0.1, 0.15) is 37.2 Å². The monoisotopic (exact) mass is 325 g/mol. The van der Waals surface area contributed by atoms with Crippen molar-refractivity contribution in [1.29, 1.82) is 0 Å². The third kappa shape index (κ3) is 2.07. The molecule has 1 saturated carbocycles. The molecule has 1 aliphatic carbocycles. The van der Waals surface area contributed by atoms with Gasteiger partial charge in [0.25, 0.3) is 0 Å². The fourth-order valence-corrected chi connectivity index (χ4v) is 6.39. The molecule has 3 heterocycles. The average Bonchev–Trinajstić information content (AvgIpc) is 3.21. The van der Waals surface area contributed by atoms with Crippen LogP contribution in [0.25, 0.3) is 0 Å². The first-order valence-corrected chi connectivity index (χ1v) is 9.55. The van der Waals surface area contributed by atoms with Crippen molar-refractivity contribution in [3.8, 4) is 0 Å². The topological polar surface area (TPSA) is 59.8 Å². The molecule has 22 heavy (non-hydrogen) atoms. The molecule has 2 aliphatic heterocycles. The lowest BCUT2D eigenvalue weighted by atomic mass is 9.66. The summed E-state index contributed by atoms with van der Waals surface area (Å²) in [6.45, 7) is 5.70. The van der Waals surface area contributed by atoms with Gasteiger partial charge in [0.15, 0.2) is 0 Å². The summed E-state index contributed by atoms with van der Waals surface area (Å²) in [5, 5.41) is 0. The molecule has 0 amide bonds. The van der Waals surface area contributed by atoms with E-state index < -0.39 is 10.0 Å². The predicted molar refractivity (Wildman–Crippen MR) is 81.1 cm³/mol. The van der Waals surface area contributed by atoms with Gasteiger partial charge in [-0.3, -0.25) is 0 Å². The van der Waals surface area contributed by atoms with E-state index in [1.54, 1.807) is 24.2 Å². The van der Waals surface area contributed by atoms with Gasteiger partial charge in [0.1, 0.15) is 16.4 Å². The molecule has 0 N–H and O–H groups in total. The van der Waals surface area contributed by atoms with Crippen molar-refractivity contribution in [1.82, 2.24) is 4.31 Å². The summed E-state index contributed by atoms with van der Waals surface area (Å²) in [6.07, 6.45) is 4.29. The molecule has 2 saturated heterocycles. The zero-order valence-electron chi connectivity index (χ0n) is 13.2. The van der Waals surface area contributed by atoms with E-state index in [2.05, 4.69) is 0 Å². The number of ether oxygens (including phenoxy) is 1. The highest BCUT2D eigenvalue weighted by atomic mass is 32.2. The number of sulfonamides is 1. The number of aryl methyl sites for hydroxylation is 2. The Morgan fingerprint density at radius 1 is 1.23 bits per heavy atom. The summed E-state index contributed by atoms with van der Waals surface area (Å²) in [5.74, 6) is 1.69. The number of hydrogen-bond donors (Lipinski definition) is 0. The predicted octanol–water partition coefficient (Wildman–Crippen LogP) is 2.48. The molecule has 3 aliphatic rings. The van der Waals surface area contributed by atoms with Gasteiger partial charge in [-0.1, -0.05) is 0 Å². The Kier molecular flexibility index (Phi) is 3.23. The fourth-order valence-electron chi connectivity index (χ4n) is 4.30. The van der Waals surface area contributed by atoms with E-state index in [0.717, 1.165) is 38.9 Å². The molecule has 1 atom stereocenters. The lowest BCUT2D eigenvalue weighted by Gasteiger charge is -2.58. The van der Waals surface area contributed by atoms with Gasteiger partial charge in [-0.05, 0) is 51.5 Å². The first-order valence-electron chi connectivity index (χ1n) is 8.11. The molecule has 5 nitrogen and oxygen atoms in total. The molecule has 1 aromatic heterocycles. The second-order valence-corrected chi connectivity index (χ2v) is 8.94. The Bertz CT molecular complexity index is 683. The summed E-state index contributed by atoms with van der Waals surface area (Å²) in [4.78, 5) is 0.345. The largest absolute Gasteiger partial charge is 0.465 e. The maximum atomic E-state index is 13.1. The molecule has 0 aromatic carbocycles. The van der Waals surface area contributed by atoms with Crippen LogP contribution < -0.4 is 0 Å². The third-order valence-corrected chi connectivity index (χ3v) is 7.48. The molecule has 122 valence electrons. The Morgan fingerprint density at radius 2 is 1.91 bits per heavy atom. The van der Waals surface area contributed by atoms with E-state index in [9.17, 15) is 8.42 Å². The molecule has 6 heteroatoms. The average molecular weight is 325 g/mol. The SMILES string of the molecule is Cc1cc(S(=O)(=O)N2CC3(CCOCC3)C2C2CC2)c(C)o1. The van der Waals surface area contributed by atoms with Crippen LogP contribution in [-0.2, 0) is 14.8 Å². The van der Waals surface area contributed by atoms with Crippen LogP contribution in [0.5, 0.6) is 0 Å². The van der Waals surface area contributed by atoms with E-state index in [4.69, 9.17) is 9.15 Å². The fraction of sp³-hybridized carbons (Fsp3) is 0.750. The summed E-state index contributed by atoms with van der Waals surface area (Å²) >= 11 is 0. The smallest absolute Gasteiger partial charge is 0.246 e. The van der Waals surface area contributed by atoms with Gasteiger partial charge in [-0.2, -0.15) is 4.31 Å². The Labute approximate surface area is 131 Å². The van der Waals surface area contributed by atoms with Crippen molar-refractivity contribution in [2.45, 2.75) is 50.5 Å². The quantitative estimate of drug-likeness (QED) is 0.856. The van der Waals surface area contributed by atoms with Crippen LogP contribution in [0.15, 0.2) is 15.4 Å². The number of rotatable bonds is 3. The van der Waals surface area contributed by atoms with Gasteiger partial charge in [0.2, 0.25) is 10.0 Å². The van der Waals surface area contributed by atoms with E-state index in [-0.39, 0.29) is 11.5 Å². The maximum absolute atomic E-state index is 13.1. The van der Waals surface area contributed by atoms with Crippen molar-refractivity contribution in [2.75, 3.05) is 19.8 Å². The standard InChI is InChI=1S/C16H23NO4S/c1-11-9-14(12(2)21-11)22(18,19)17-10-16(5-7-20-8-6-16)15(17)13-3-4-13/h9,13,15H,3-8,10H2,1-2H3. The molecule has 3 fully saturated rings. The minimum atomic E-state index is -3.44. The molecule has 4 rings (SSSR count). The highest BCUT2D eigenvalue weighted by Crippen LogP contribution is 2.56. The van der Waals surface area contributed by atoms with E-state index in [1.807, 2.05) is 0 Å². The summed E-state index contributed by atoms with van der Waals surface area (Å²) < 4.78 is 38.8. The van der Waals surface area contributed by atoms with Crippen LogP contribution in [-0.4, -0.2) is 38.5 Å². The van der Waals surface area contributed by atoms with Crippen LogP contribution in [0, 0.1) is 25.2 Å². The van der Waals surface area contributed by atoms with Gasteiger partial charge in [0.05, 0.1) is 0 Å². The van der Waals surface area contributed by atoms with Gasteiger partial charge in [-0.25, -0.2) is 8.42 Å². The summed E-state index contributed by atoms with van der Waals surface area (Å²) in [5.41, 5.74) is 0.152. The number of furan rings is 1. The lowest BCUT2D eigenvalue weighted by Crippen LogP contribution is -2.68. The van der Waals surface area contributed by atoms with E-state index in [1.165, 1.54) is 0 Å². The van der Waals surface area contributed by atoms with Crippen LogP contribution in [0.4, 0.5) is 0 Å². The first-order chi connectivity index (χ1) is 10.4. The molecular weight excluding hydrogens is 302 g/mol. The molecule has 1 aromatic rings. The van der Waals surface area contributed by atoms with Gasteiger partial charge in [0, 0.05) is 31.2 Å². The minimum absolute atomic E-state index is 0.152. The van der Waals surface area contributed by atoms with Crippen molar-refractivity contribution in [2.24, 2.45) is 11.3 Å². The van der Waals surface area contributed by atoms with Crippen molar-refractivity contribution in [3.63, 3.8) is 0 Å². The first kappa shape index (κ1) is 14.7. The zero-order valence-corrected chi connectivity index (χ0v) is 14.0. The number of nitrogens with zero attached hydrogens (tertiary/aromatic N) is 1. The van der Waals surface area contributed by atoms with Gasteiger partial charge in [-0.15, -0.1) is 0 Å². The van der Waals surface area contributed by atoms with E-state index >= 15 is 0 Å². The summed E-state index contributed by atoms with van der Waals surface area (Å²) in [7, 11) is -3.44. The van der Waals surface area contributed by atoms with Gasteiger partial charge < -0.3 is 9.15 Å². The molecule has 0 radical (unpaired) electrons. The minimum Gasteiger partial charge on any atom is -0.465 e. The molecule has 0 bridgehead atoms. The number of hydrogen-bond acceptors (Lipinski definition) is 4. The molecule has 1 unspecified atom stereocenters. The van der Waals surface area contributed by atoms with Crippen molar-refractivity contribution >= 4 is 10.0 Å². The lowest BCUT2D eigenvalue weighted by molar-refractivity contribution is -0.101. The maximum Gasteiger partial charge on any atom is 0.246 e. The van der Waals surface area contributed by atoms with Crippen LogP contribution >= 0.6 is 0 Å². The zero-order chi connectivity index (χ0) is 15.5. The van der Waals surface area contributed by atoms with Crippen LogP contribution in [0.2, 0.25) is 0 Å². The van der Waals surface area contributed by atoms with Gasteiger partial charge >= 0.3 is 0 Å². The second kappa shape index (κ2) is 4.82. The summed E-state index contributed by atoms with van der Waals surface area (Å²) in [6, 6.07) is 1.82. The van der Waals surface area contributed by atoms with Crippen LogP contribution in [0.3, 0.4) is 0 Å². The molecule has 1 spiro atoms. The van der Waals surface area contributed by atoms with Crippen molar-refractivity contribution in [3.05, 3.63) is 17.6 Å². The third-order valence-electron chi connectivity index (χ3n) is 5.55. The second-order valence-electron chi connectivity index (χ2n) is 7.08. The highest BCUT2D eigenvalue weighted by molar-refractivity contribution is 7.89. The molecular formula is C16H23NO4S. The van der Waals surface area contributed by atoms with E-state index in [0.29, 0.717) is 28.9 Å².